The highest BCUT2D eigenvalue weighted by molar-refractivity contribution is 5.88. The fourth-order valence-electron chi connectivity index (χ4n) is 2.45. The number of rotatable bonds is 6. The van der Waals surface area contributed by atoms with Crippen LogP contribution in [0.2, 0.25) is 0 Å². The minimum absolute atomic E-state index is 0.201. The normalized spacial score (nSPS) is 10.2. The summed E-state index contributed by atoms with van der Waals surface area (Å²) in [6, 6.07) is 17.2. The van der Waals surface area contributed by atoms with E-state index in [0.29, 0.717) is 11.4 Å². The minimum atomic E-state index is -0.799. The molecular weight excluding hydrogens is 352 g/mol. The molecule has 1 aromatic heterocycles. The standard InChI is InChI=1S/C17H14N6O4/c18-13-14(22(24)25)16(19-11-7-3-1-4-8-11)21-17(15(13)23(26)27)20-12-9-5-2-6-10-12/h1-10H,(H4,18,19,20,21). The maximum absolute atomic E-state index is 11.5. The van der Waals surface area contributed by atoms with Crippen molar-refractivity contribution >= 4 is 40.1 Å². The lowest BCUT2D eigenvalue weighted by Gasteiger charge is -2.12. The fourth-order valence-corrected chi connectivity index (χ4v) is 2.45. The van der Waals surface area contributed by atoms with Crippen molar-refractivity contribution in [3.63, 3.8) is 0 Å². The van der Waals surface area contributed by atoms with E-state index in [0.717, 1.165) is 0 Å². The smallest absolute Gasteiger partial charge is 0.341 e. The number of anilines is 5. The number of nitrogens with zero attached hydrogens (tertiary/aromatic N) is 3. The first-order chi connectivity index (χ1) is 13.0. The Morgan fingerprint density at radius 3 is 1.44 bits per heavy atom. The van der Waals surface area contributed by atoms with Gasteiger partial charge in [-0.3, -0.25) is 20.2 Å². The molecule has 0 fully saturated rings. The zero-order valence-electron chi connectivity index (χ0n) is 13.8. The van der Waals surface area contributed by atoms with Crippen molar-refractivity contribution in [3.8, 4) is 0 Å². The fraction of sp³-hybridized carbons (Fsp3) is 0. The topological polar surface area (TPSA) is 149 Å². The molecule has 3 aromatic rings. The van der Waals surface area contributed by atoms with Crippen LogP contribution in [0.5, 0.6) is 0 Å². The van der Waals surface area contributed by atoms with Crippen LogP contribution in [0.3, 0.4) is 0 Å². The molecule has 0 amide bonds. The first kappa shape index (κ1) is 17.6. The average molecular weight is 366 g/mol. The van der Waals surface area contributed by atoms with E-state index in [9.17, 15) is 20.2 Å². The first-order valence-electron chi connectivity index (χ1n) is 7.73. The molecule has 4 N–H and O–H groups in total. The van der Waals surface area contributed by atoms with Crippen molar-refractivity contribution in [1.29, 1.82) is 0 Å². The number of nitro groups is 2. The van der Waals surface area contributed by atoms with E-state index < -0.39 is 26.9 Å². The Kier molecular flexibility index (Phi) is 4.79. The van der Waals surface area contributed by atoms with Gasteiger partial charge in [0, 0.05) is 11.4 Å². The number of pyridine rings is 1. The highest BCUT2D eigenvalue weighted by Crippen LogP contribution is 2.42. The molecule has 2 aromatic carbocycles. The maximum Gasteiger partial charge on any atom is 0.341 e. The van der Waals surface area contributed by atoms with Crippen LogP contribution in [0.25, 0.3) is 0 Å². The summed E-state index contributed by atoms with van der Waals surface area (Å²) in [7, 11) is 0. The predicted octanol–water partition coefficient (Wildman–Crippen LogP) is 3.97. The van der Waals surface area contributed by atoms with E-state index in [1.54, 1.807) is 60.7 Å². The van der Waals surface area contributed by atoms with Gasteiger partial charge in [-0.2, -0.15) is 4.98 Å². The average Bonchev–Trinajstić information content (AvgIpc) is 2.62. The second-order valence-electron chi connectivity index (χ2n) is 5.42. The van der Waals surface area contributed by atoms with Crippen LogP contribution in [-0.4, -0.2) is 14.8 Å². The monoisotopic (exact) mass is 366 g/mol. The molecule has 0 saturated heterocycles. The second kappa shape index (κ2) is 7.35. The van der Waals surface area contributed by atoms with E-state index in [4.69, 9.17) is 5.73 Å². The third kappa shape index (κ3) is 3.74. The summed E-state index contributed by atoms with van der Waals surface area (Å²) in [5, 5.41) is 28.5. The molecule has 10 heteroatoms. The van der Waals surface area contributed by atoms with Crippen molar-refractivity contribution in [2.24, 2.45) is 0 Å². The van der Waals surface area contributed by atoms with Gasteiger partial charge in [-0.05, 0) is 24.3 Å². The molecule has 0 aliphatic rings. The second-order valence-corrected chi connectivity index (χ2v) is 5.42. The van der Waals surface area contributed by atoms with Crippen molar-refractivity contribution in [1.82, 2.24) is 4.98 Å². The van der Waals surface area contributed by atoms with Gasteiger partial charge in [0.2, 0.25) is 11.6 Å². The van der Waals surface area contributed by atoms with Crippen LogP contribution in [0.15, 0.2) is 60.7 Å². The van der Waals surface area contributed by atoms with Gasteiger partial charge in [0.05, 0.1) is 9.85 Å². The van der Waals surface area contributed by atoms with Crippen LogP contribution >= 0.6 is 0 Å². The third-order valence-corrected chi connectivity index (χ3v) is 3.62. The van der Waals surface area contributed by atoms with E-state index in [2.05, 4.69) is 15.6 Å². The van der Waals surface area contributed by atoms with Gasteiger partial charge >= 0.3 is 11.4 Å². The van der Waals surface area contributed by atoms with Crippen LogP contribution in [0, 0.1) is 20.2 Å². The molecule has 3 rings (SSSR count). The molecule has 1 heterocycles. The van der Waals surface area contributed by atoms with Gasteiger partial charge in [0.15, 0.2) is 5.69 Å². The lowest BCUT2D eigenvalue weighted by atomic mass is 10.2. The number of aromatic nitrogens is 1. The Hall–Kier alpha value is -4.21. The number of para-hydroxylation sites is 2. The minimum Gasteiger partial charge on any atom is -0.387 e. The van der Waals surface area contributed by atoms with Crippen LogP contribution < -0.4 is 16.4 Å². The molecule has 0 saturated carbocycles. The molecule has 10 nitrogen and oxygen atoms in total. The Morgan fingerprint density at radius 1 is 0.741 bits per heavy atom. The largest absolute Gasteiger partial charge is 0.387 e. The highest BCUT2D eigenvalue weighted by Gasteiger charge is 2.33. The molecule has 0 aliphatic heterocycles. The number of benzene rings is 2. The number of nitrogens with two attached hydrogens (primary N) is 1. The lowest BCUT2D eigenvalue weighted by Crippen LogP contribution is -2.10. The molecule has 0 bridgehead atoms. The number of hydrogen-bond donors (Lipinski definition) is 3. The molecule has 27 heavy (non-hydrogen) atoms. The zero-order chi connectivity index (χ0) is 19.4. The predicted molar refractivity (Wildman–Crippen MR) is 101 cm³/mol. The van der Waals surface area contributed by atoms with Crippen LogP contribution in [0.4, 0.5) is 40.1 Å². The summed E-state index contributed by atoms with van der Waals surface area (Å²) in [5.74, 6) is -0.402. The van der Waals surface area contributed by atoms with Crippen molar-refractivity contribution in [3.05, 3.63) is 80.9 Å². The zero-order valence-corrected chi connectivity index (χ0v) is 13.8. The molecule has 0 atom stereocenters. The van der Waals surface area contributed by atoms with E-state index in [1.165, 1.54) is 0 Å². The Balaban J connectivity index is 2.16. The summed E-state index contributed by atoms with van der Waals surface area (Å²) >= 11 is 0. The Bertz CT molecular complexity index is 918. The Morgan fingerprint density at radius 2 is 1.11 bits per heavy atom. The molecule has 0 radical (unpaired) electrons. The SMILES string of the molecule is Nc1c([N+](=O)[O-])c(Nc2ccccc2)nc(Nc2ccccc2)c1[N+](=O)[O-]. The summed E-state index contributed by atoms with van der Waals surface area (Å²) in [5.41, 5.74) is 4.92. The van der Waals surface area contributed by atoms with Crippen molar-refractivity contribution < 1.29 is 9.85 Å². The summed E-state index contributed by atoms with van der Waals surface area (Å²) in [6.45, 7) is 0. The first-order valence-corrected chi connectivity index (χ1v) is 7.73. The number of nitrogens with one attached hydrogen (secondary N) is 2. The lowest BCUT2D eigenvalue weighted by molar-refractivity contribution is -0.391. The maximum atomic E-state index is 11.5. The molecule has 0 aliphatic carbocycles. The molecule has 136 valence electrons. The number of hydrogen-bond acceptors (Lipinski definition) is 8. The van der Waals surface area contributed by atoms with Crippen LogP contribution in [0.1, 0.15) is 0 Å². The van der Waals surface area contributed by atoms with Crippen LogP contribution in [-0.2, 0) is 0 Å². The number of nitrogen functional groups attached to an aromatic ring is 1. The van der Waals surface area contributed by atoms with Crippen molar-refractivity contribution in [2.45, 2.75) is 0 Å². The Labute approximate surface area is 153 Å². The summed E-state index contributed by atoms with van der Waals surface area (Å²) in [6.07, 6.45) is 0. The van der Waals surface area contributed by atoms with Gasteiger partial charge in [0.1, 0.15) is 0 Å². The van der Waals surface area contributed by atoms with Gasteiger partial charge in [-0.25, -0.2) is 0 Å². The van der Waals surface area contributed by atoms with Gasteiger partial charge in [-0.15, -0.1) is 0 Å². The van der Waals surface area contributed by atoms with Crippen molar-refractivity contribution in [2.75, 3.05) is 16.4 Å². The van der Waals surface area contributed by atoms with Gasteiger partial charge < -0.3 is 16.4 Å². The van der Waals surface area contributed by atoms with E-state index in [1.807, 2.05) is 0 Å². The van der Waals surface area contributed by atoms with Gasteiger partial charge in [0.25, 0.3) is 0 Å². The van der Waals surface area contributed by atoms with Gasteiger partial charge in [-0.1, -0.05) is 36.4 Å². The third-order valence-electron chi connectivity index (χ3n) is 3.62. The molecule has 0 unspecified atom stereocenters. The van der Waals surface area contributed by atoms with E-state index >= 15 is 0 Å². The summed E-state index contributed by atoms with van der Waals surface area (Å²) in [4.78, 5) is 25.4. The van der Waals surface area contributed by atoms with E-state index in [-0.39, 0.29) is 11.6 Å². The highest BCUT2D eigenvalue weighted by atomic mass is 16.6. The molecular formula is C17H14N6O4. The quantitative estimate of drug-likeness (QED) is 0.438. The molecule has 0 spiro atoms. The summed E-state index contributed by atoms with van der Waals surface area (Å²) < 4.78 is 0.